The van der Waals surface area contributed by atoms with Crippen molar-refractivity contribution in [3.8, 4) is 23.3 Å². The molecule has 5 atom stereocenters. The molecule has 2 aliphatic heterocycles. The third-order valence-corrected chi connectivity index (χ3v) is 11.2. The average molecular weight is 675 g/mol. The van der Waals surface area contributed by atoms with Crippen molar-refractivity contribution >= 4 is 17.8 Å². The SMILES string of the molecule is CC(=O)Oc1ccc2c3c1O[C@H]1[C@H](N(CC(C)C)C(=O)C#Cc4cccc(C)c4)CC[C@@]4(OC(C)=O)[C@@H](C2)N(CCc2ccccc2)CC[C@]314. The van der Waals surface area contributed by atoms with E-state index < -0.39 is 23.1 Å². The molecule has 8 nitrogen and oxygen atoms in total. The van der Waals surface area contributed by atoms with Gasteiger partial charge in [-0.25, -0.2) is 0 Å². The van der Waals surface area contributed by atoms with Crippen LogP contribution in [0.15, 0.2) is 66.7 Å². The number of carbonyl (C=O) groups is 3. The van der Waals surface area contributed by atoms with Gasteiger partial charge in [0.1, 0.15) is 11.7 Å². The Morgan fingerprint density at radius 2 is 1.82 bits per heavy atom. The summed E-state index contributed by atoms with van der Waals surface area (Å²) in [6.45, 7) is 11.2. The second-order valence-corrected chi connectivity index (χ2v) is 14.8. The van der Waals surface area contributed by atoms with Crippen molar-refractivity contribution in [2.75, 3.05) is 19.6 Å². The van der Waals surface area contributed by atoms with Crippen molar-refractivity contribution in [3.63, 3.8) is 0 Å². The fourth-order valence-corrected chi connectivity index (χ4v) is 9.45. The van der Waals surface area contributed by atoms with E-state index >= 15 is 0 Å². The number of benzene rings is 3. The second kappa shape index (κ2) is 13.3. The quantitative estimate of drug-likeness (QED) is 0.170. The number of likely N-dealkylation sites (tertiary alicyclic amines) is 1. The van der Waals surface area contributed by atoms with Crippen LogP contribution >= 0.6 is 0 Å². The number of aryl methyl sites for hydroxylation is 1. The molecule has 0 radical (unpaired) electrons. The molecule has 1 amide bonds. The largest absolute Gasteiger partial charge is 0.483 e. The number of carbonyl (C=O) groups excluding carboxylic acids is 3. The Kier molecular flexibility index (Phi) is 8.98. The number of amides is 1. The molecule has 260 valence electrons. The van der Waals surface area contributed by atoms with Crippen LogP contribution in [0.25, 0.3) is 0 Å². The van der Waals surface area contributed by atoms with Gasteiger partial charge in [-0.3, -0.25) is 19.3 Å². The summed E-state index contributed by atoms with van der Waals surface area (Å²) in [4.78, 5) is 44.1. The summed E-state index contributed by atoms with van der Waals surface area (Å²) < 4.78 is 19.5. The molecule has 1 saturated heterocycles. The fraction of sp³-hybridized carbons (Fsp3) is 0.452. The van der Waals surface area contributed by atoms with E-state index in [1.54, 1.807) is 0 Å². The van der Waals surface area contributed by atoms with E-state index in [0.717, 1.165) is 41.8 Å². The van der Waals surface area contributed by atoms with Crippen LogP contribution in [0.5, 0.6) is 11.5 Å². The maximum atomic E-state index is 14.2. The molecule has 2 aliphatic carbocycles. The number of ether oxygens (including phenoxy) is 3. The smallest absolute Gasteiger partial charge is 0.308 e. The van der Waals surface area contributed by atoms with Gasteiger partial charge in [-0.05, 0) is 86.4 Å². The van der Waals surface area contributed by atoms with Crippen LogP contribution < -0.4 is 9.47 Å². The van der Waals surface area contributed by atoms with E-state index in [1.165, 1.54) is 19.4 Å². The minimum atomic E-state index is -0.901. The summed E-state index contributed by atoms with van der Waals surface area (Å²) in [5.41, 5.74) is 3.55. The molecule has 8 heteroatoms. The summed E-state index contributed by atoms with van der Waals surface area (Å²) in [7, 11) is 0. The Morgan fingerprint density at radius 1 is 1.02 bits per heavy atom. The lowest BCUT2D eigenvalue weighted by Crippen LogP contribution is -2.79. The van der Waals surface area contributed by atoms with Crippen molar-refractivity contribution in [2.45, 2.75) is 95.9 Å². The van der Waals surface area contributed by atoms with Crippen LogP contribution in [0.1, 0.15) is 74.8 Å². The van der Waals surface area contributed by atoms with E-state index in [1.807, 2.05) is 54.3 Å². The molecule has 50 heavy (non-hydrogen) atoms. The minimum Gasteiger partial charge on any atom is -0.483 e. The summed E-state index contributed by atoms with van der Waals surface area (Å²) in [6.07, 6.45) is 2.80. The van der Waals surface area contributed by atoms with E-state index in [0.29, 0.717) is 43.7 Å². The van der Waals surface area contributed by atoms with Gasteiger partial charge in [0.25, 0.3) is 5.91 Å². The monoisotopic (exact) mass is 674 g/mol. The molecule has 2 fully saturated rings. The third kappa shape index (κ3) is 5.76. The van der Waals surface area contributed by atoms with Crippen molar-refractivity contribution in [3.05, 3.63) is 94.5 Å². The predicted octanol–water partition coefficient (Wildman–Crippen LogP) is 5.79. The van der Waals surface area contributed by atoms with Crippen molar-refractivity contribution in [2.24, 2.45) is 5.92 Å². The van der Waals surface area contributed by atoms with Crippen molar-refractivity contribution in [1.82, 2.24) is 9.80 Å². The zero-order chi connectivity index (χ0) is 35.2. The Hall–Kier alpha value is -4.61. The highest BCUT2D eigenvalue weighted by Gasteiger charge is 2.75. The van der Waals surface area contributed by atoms with Crippen LogP contribution in [0, 0.1) is 24.7 Å². The number of rotatable bonds is 8. The lowest BCUT2D eigenvalue weighted by atomic mass is 9.48. The summed E-state index contributed by atoms with van der Waals surface area (Å²) in [5, 5.41) is 0. The van der Waals surface area contributed by atoms with Crippen LogP contribution in [-0.2, 0) is 37.4 Å². The molecular formula is C42H46N2O6. The average Bonchev–Trinajstić information content (AvgIpc) is 3.42. The first kappa shape index (κ1) is 33.9. The van der Waals surface area contributed by atoms with Crippen LogP contribution in [0.4, 0.5) is 0 Å². The van der Waals surface area contributed by atoms with Crippen LogP contribution in [-0.4, -0.2) is 71.1 Å². The van der Waals surface area contributed by atoms with Crippen LogP contribution in [0.2, 0.25) is 0 Å². The number of hydrogen-bond acceptors (Lipinski definition) is 7. The number of nitrogens with zero attached hydrogens (tertiary/aromatic N) is 2. The Balaban J connectivity index is 1.34. The molecule has 1 spiro atoms. The Labute approximate surface area is 295 Å². The van der Waals surface area contributed by atoms with Gasteiger partial charge in [0.15, 0.2) is 11.5 Å². The number of piperidine rings is 1. The summed E-state index contributed by atoms with van der Waals surface area (Å²) in [6, 6.07) is 21.7. The molecule has 0 aromatic heterocycles. The van der Waals surface area contributed by atoms with Gasteiger partial charge in [-0.2, -0.15) is 0 Å². The predicted molar refractivity (Wildman–Crippen MR) is 190 cm³/mol. The minimum absolute atomic E-state index is 0.0932. The van der Waals surface area contributed by atoms with E-state index in [9.17, 15) is 14.4 Å². The Morgan fingerprint density at radius 3 is 2.54 bits per heavy atom. The van der Waals surface area contributed by atoms with Crippen molar-refractivity contribution < 1.29 is 28.6 Å². The van der Waals surface area contributed by atoms with Gasteiger partial charge in [0.05, 0.1) is 17.5 Å². The highest BCUT2D eigenvalue weighted by atomic mass is 16.6. The molecule has 2 heterocycles. The molecule has 3 aromatic rings. The lowest BCUT2D eigenvalue weighted by Gasteiger charge is -2.65. The normalized spacial score (nSPS) is 25.8. The zero-order valence-electron chi connectivity index (χ0n) is 29.7. The second-order valence-electron chi connectivity index (χ2n) is 14.8. The first-order valence-electron chi connectivity index (χ1n) is 17.9. The molecule has 7 rings (SSSR count). The topological polar surface area (TPSA) is 85.4 Å². The van der Waals surface area contributed by atoms with Gasteiger partial charge < -0.3 is 19.1 Å². The lowest BCUT2D eigenvalue weighted by molar-refractivity contribution is -0.224. The summed E-state index contributed by atoms with van der Waals surface area (Å²) >= 11 is 0. The molecule has 0 unspecified atom stereocenters. The highest BCUT2D eigenvalue weighted by molar-refractivity contribution is 5.94. The molecule has 2 bridgehead atoms. The van der Waals surface area contributed by atoms with Gasteiger partial charge in [0, 0.05) is 44.0 Å². The van der Waals surface area contributed by atoms with Crippen LogP contribution in [0.3, 0.4) is 0 Å². The first-order valence-corrected chi connectivity index (χ1v) is 17.9. The first-order chi connectivity index (χ1) is 24.0. The number of esters is 2. The zero-order valence-corrected chi connectivity index (χ0v) is 29.7. The van der Waals surface area contributed by atoms with Gasteiger partial charge >= 0.3 is 11.9 Å². The molecular weight excluding hydrogens is 628 g/mol. The maximum absolute atomic E-state index is 14.2. The van der Waals surface area contributed by atoms with E-state index in [2.05, 4.69) is 54.9 Å². The third-order valence-electron chi connectivity index (χ3n) is 11.2. The van der Waals surface area contributed by atoms with E-state index in [4.69, 9.17) is 14.2 Å². The fourth-order valence-electron chi connectivity index (χ4n) is 9.45. The molecule has 1 saturated carbocycles. The molecule has 0 N–H and O–H groups in total. The summed E-state index contributed by atoms with van der Waals surface area (Å²) in [5.74, 6) is 6.11. The highest BCUT2D eigenvalue weighted by Crippen LogP contribution is 2.67. The maximum Gasteiger partial charge on any atom is 0.308 e. The van der Waals surface area contributed by atoms with Crippen molar-refractivity contribution in [1.29, 1.82) is 0 Å². The van der Waals surface area contributed by atoms with Gasteiger partial charge in [-0.15, -0.1) is 0 Å². The Bertz CT molecular complexity index is 1880. The number of hydrogen-bond donors (Lipinski definition) is 0. The van der Waals surface area contributed by atoms with E-state index in [-0.39, 0.29) is 29.9 Å². The molecule has 4 aliphatic rings. The van der Waals surface area contributed by atoms with Gasteiger partial charge in [0.2, 0.25) is 0 Å². The standard InChI is InChI=1S/C42H46N2O6/c1-27(2)26-44(37(47)17-14-32-13-9-10-28(3)24-32)34-18-20-42(50-30(5)46)36-25-33-15-16-35(48-29(4)45)39-38(33)41(42,40(34)49-39)21-23-43(36)22-19-31-11-7-6-8-12-31/h6-13,15-16,24,27,34,36,40H,18-23,25-26H2,1-5H3/t34-,36-,40+,41+,42-/m1/s1. The molecule has 3 aromatic carbocycles. The van der Waals surface area contributed by atoms with Gasteiger partial charge in [-0.1, -0.05) is 68.3 Å².